The zero-order chi connectivity index (χ0) is 49.7. The van der Waals surface area contributed by atoms with Gasteiger partial charge in [-0.3, -0.25) is 0 Å². The van der Waals surface area contributed by atoms with Gasteiger partial charge in [0.1, 0.15) is 0 Å². The summed E-state index contributed by atoms with van der Waals surface area (Å²) in [7, 11) is 0. The number of nitrogens with zero attached hydrogens (tertiary/aromatic N) is 3. The van der Waals surface area contributed by atoms with Crippen LogP contribution in [0.2, 0.25) is 0 Å². The van der Waals surface area contributed by atoms with Gasteiger partial charge in [0.15, 0.2) is 0 Å². The lowest BCUT2D eigenvalue weighted by atomic mass is 9.33. The molecule has 0 radical (unpaired) electrons. The van der Waals surface area contributed by atoms with Gasteiger partial charge in [-0.05, 0) is 148 Å². The van der Waals surface area contributed by atoms with Gasteiger partial charge < -0.3 is 14.4 Å². The van der Waals surface area contributed by atoms with Crippen LogP contribution in [0, 0.1) is 0 Å². The summed E-state index contributed by atoms with van der Waals surface area (Å²) < 4.78 is 2.76. The molecule has 0 saturated heterocycles. The second kappa shape index (κ2) is 14.4. The summed E-state index contributed by atoms with van der Waals surface area (Å²) in [6.07, 6.45) is 9.41. The van der Waals surface area contributed by atoms with Crippen LogP contribution >= 0.6 is 0 Å². The minimum atomic E-state index is -0.216. The third-order valence-corrected chi connectivity index (χ3v) is 20.0. The van der Waals surface area contributed by atoms with Gasteiger partial charge in [0, 0.05) is 55.6 Å². The molecule has 0 spiro atoms. The first kappa shape index (κ1) is 44.7. The van der Waals surface area contributed by atoms with Crippen LogP contribution < -0.4 is 26.2 Å². The van der Waals surface area contributed by atoms with Crippen LogP contribution in [0.1, 0.15) is 166 Å². The van der Waals surface area contributed by atoms with Crippen LogP contribution in [0.25, 0.3) is 27.5 Å². The average Bonchev–Trinajstić information content (AvgIpc) is 3.91. The highest BCUT2D eigenvalue weighted by molar-refractivity contribution is 7.00. The van der Waals surface area contributed by atoms with Crippen LogP contribution in [0.4, 0.5) is 22.7 Å². The van der Waals surface area contributed by atoms with Crippen LogP contribution in [0.15, 0.2) is 140 Å². The van der Waals surface area contributed by atoms with Gasteiger partial charge in [0.05, 0.1) is 16.6 Å². The van der Waals surface area contributed by atoms with Gasteiger partial charge in [-0.2, -0.15) is 0 Å². The molecule has 4 heteroatoms. The fourth-order valence-electron chi connectivity index (χ4n) is 16.5. The Hall–Kier alpha value is -6.00. The Bertz CT molecular complexity index is 3600. The van der Waals surface area contributed by atoms with E-state index in [4.69, 9.17) is 0 Å². The Balaban J connectivity index is 1.17. The molecular formula is C68H72BN3. The van der Waals surface area contributed by atoms with Gasteiger partial charge in [0.25, 0.3) is 6.71 Å². The van der Waals surface area contributed by atoms with E-state index < -0.39 is 0 Å². The van der Waals surface area contributed by atoms with E-state index in [0.29, 0.717) is 0 Å². The molecule has 1 aromatic heterocycles. The lowest BCUT2D eigenvalue weighted by molar-refractivity contribution is 0.214. The molecule has 4 atom stereocenters. The molecule has 4 unspecified atom stereocenters. The van der Waals surface area contributed by atoms with E-state index in [1.807, 2.05) is 0 Å². The Kier molecular flexibility index (Phi) is 8.93. The molecule has 2 aliphatic carbocycles. The highest BCUT2D eigenvalue weighted by Crippen LogP contribution is 2.67. The number of para-hydroxylation sites is 1. The number of rotatable bonds is 3. The van der Waals surface area contributed by atoms with Gasteiger partial charge in [-0.1, -0.05) is 191 Å². The lowest BCUT2D eigenvalue weighted by Gasteiger charge is -2.54. The van der Waals surface area contributed by atoms with Crippen LogP contribution in [-0.4, -0.2) is 22.4 Å². The number of benzene rings is 7. The highest BCUT2D eigenvalue weighted by atomic mass is 15.3. The standard InChI is InChI=1S/C68H72BN3/c1-62(2,3)45-30-31-55-49(36-45)50-37-46(63(4,5)6)39-53-60(50)70(55)57-41-48(71-56-29-19-18-28-51(56)67(43-24-14-12-15-25-43)34-22-20-32-65(67,71)10)42-58-59(57)69(53)54-40-47(64(7,8)9)38-52-61(54)72(58)66(11)33-21-23-35-68(52,66)44-26-16-13-17-27-44/h12-19,24-31,36-42H,20-23,32-35H2,1-11H3. The van der Waals surface area contributed by atoms with Gasteiger partial charge in [-0.25, -0.2) is 0 Å². The molecular weight excluding hydrogens is 870 g/mol. The average molecular weight is 942 g/mol. The zero-order valence-corrected chi connectivity index (χ0v) is 44.9. The molecule has 2 saturated carbocycles. The Morgan fingerprint density at radius 3 is 1.61 bits per heavy atom. The first-order chi connectivity index (χ1) is 34.3. The molecule has 14 rings (SSSR count). The fourth-order valence-corrected chi connectivity index (χ4v) is 16.5. The summed E-state index contributed by atoms with van der Waals surface area (Å²) in [6, 6.07) is 56.5. The second-order valence-electron chi connectivity index (χ2n) is 26.8. The molecule has 5 heterocycles. The first-order valence-electron chi connectivity index (χ1n) is 27.6. The first-order valence-corrected chi connectivity index (χ1v) is 27.6. The minimum Gasteiger partial charge on any atom is -0.335 e. The maximum absolute atomic E-state index is 2.99. The predicted octanol–water partition coefficient (Wildman–Crippen LogP) is 15.4. The number of hydrogen-bond acceptors (Lipinski definition) is 2. The Morgan fingerprint density at radius 2 is 0.972 bits per heavy atom. The Morgan fingerprint density at radius 1 is 0.444 bits per heavy atom. The van der Waals surface area contributed by atoms with E-state index in [0.717, 1.165) is 25.7 Å². The van der Waals surface area contributed by atoms with Crippen molar-refractivity contribution >= 4 is 67.7 Å². The monoisotopic (exact) mass is 942 g/mol. The minimum absolute atomic E-state index is 0.0116. The van der Waals surface area contributed by atoms with Crippen molar-refractivity contribution in [2.45, 2.75) is 166 Å². The van der Waals surface area contributed by atoms with E-state index in [2.05, 4.69) is 230 Å². The zero-order valence-electron chi connectivity index (χ0n) is 44.9. The fraction of sp³-hybridized carbons (Fsp3) is 0.382. The van der Waals surface area contributed by atoms with Gasteiger partial charge >= 0.3 is 0 Å². The molecule has 72 heavy (non-hydrogen) atoms. The third kappa shape index (κ3) is 5.45. The number of aromatic nitrogens is 1. The van der Waals surface area contributed by atoms with E-state index in [9.17, 15) is 0 Å². The highest BCUT2D eigenvalue weighted by Gasteiger charge is 2.65. The van der Waals surface area contributed by atoms with Crippen molar-refractivity contribution in [1.29, 1.82) is 0 Å². The molecule has 8 aromatic rings. The van der Waals surface area contributed by atoms with Crippen molar-refractivity contribution in [2.75, 3.05) is 9.80 Å². The quantitative estimate of drug-likeness (QED) is 0.164. The molecule has 4 aliphatic heterocycles. The molecule has 0 bridgehead atoms. The lowest BCUT2D eigenvalue weighted by Crippen LogP contribution is -2.64. The van der Waals surface area contributed by atoms with E-state index in [1.165, 1.54) is 126 Å². The van der Waals surface area contributed by atoms with Crippen LogP contribution in [-0.2, 0) is 27.1 Å². The van der Waals surface area contributed by atoms with E-state index >= 15 is 0 Å². The van der Waals surface area contributed by atoms with Crippen LogP contribution in [0.3, 0.4) is 0 Å². The SMILES string of the molecule is CC(C)(C)c1cc2c3c(c1)C1(c4ccccc4)CCCCC1(C)N3c1cc(N3c4ccccc4C4(c5ccccc5)CCCCC34C)cc3c1B2c1cc(C(C)(C)C)cc2c4cc(C(C)(C)C)ccc4n-3c12. The van der Waals surface area contributed by atoms with Crippen molar-refractivity contribution < 1.29 is 0 Å². The molecule has 0 N–H and O–H groups in total. The largest absolute Gasteiger partial charge is 0.335 e. The van der Waals surface area contributed by atoms with Crippen molar-refractivity contribution in [1.82, 2.24) is 4.57 Å². The molecule has 6 aliphatic rings. The molecule has 7 aromatic carbocycles. The molecule has 0 amide bonds. The molecule has 3 nitrogen and oxygen atoms in total. The summed E-state index contributed by atoms with van der Waals surface area (Å²) >= 11 is 0. The predicted molar refractivity (Wildman–Crippen MR) is 307 cm³/mol. The Labute approximate surface area is 429 Å². The maximum Gasteiger partial charge on any atom is 0.252 e. The van der Waals surface area contributed by atoms with Crippen molar-refractivity contribution in [2.24, 2.45) is 0 Å². The second-order valence-corrected chi connectivity index (χ2v) is 26.8. The molecule has 2 fully saturated rings. The van der Waals surface area contributed by atoms with Crippen molar-refractivity contribution in [3.63, 3.8) is 0 Å². The van der Waals surface area contributed by atoms with Crippen LogP contribution in [0.5, 0.6) is 0 Å². The number of anilines is 4. The third-order valence-electron chi connectivity index (χ3n) is 20.0. The summed E-state index contributed by atoms with van der Waals surface area (Å²) in [5.41, 5.74) is 23.4. The summed E-state index contributed by atoms with van der Waals surface area (Å²) in [4.78, 5) is 5.87. The van der Waals surface area contributed by atoms with Gasteiger partial charge in [-0.15, -0.1) is 0 Å². The van der Waals surface area contributed by atoms with Crippen molar-refractivity contribution in [3.05, 3.63) is 178 Å². The normalized spacial score (nSPS) is 24.8. The molecule has 362 valence electrons. The maximum atomic E-state index is 2.99. The van der Waals surface area contributed by atoms with Gasteiger partial charge in [0.2, 0.25) is 0 Å². The number of fused-ring (bicyclic) bond motifs is 13. The van der Waals surface area contributed by atoms with Crippen molar-refractivity contribution in [3.8, 4) is 5.69 Å². The summed E-state index contributed by atoms with van der Waals surface area (Å²) in [6.45, 7) is 27.0. The summed E-state index contributed by atoms with van der Waals surface area (Å²) in [5, 5.41) is 2.75. The van der Waals surface area contributed by atoms with E-state index in [-0.39, 0.29) is 44.9 Å². The summed E-state index contributed by atoms with van der Waals surface area (Å²) in [5.74, 6) is 0. The topological polar surface area (TPSA) is 11.4 Å². The smallest absolute Gasteiger partial charge is 0.252 e. The van der Waals surface area contributed by atoms with E-state index in [1.54, 1.807) is 5.56 Å². The number of hydrogen-bond donors (Lipinski definition) is 0.